The van der Waals surface area contributed by atoms with Gasteiger partial charge < -0.3 is 24.8 Å². The van der Waals surface area contributed by atoms with Crippen LogP contribution in [0.15, 0.2) is 47.7 Å². The summed E-state index contributed by atoms with van der Waals surface area (Å²) in [6, 6.07) is 9.33. The Morgan fingerprint density at radius 1 is 1.12 bits per heavy atom. The van der Waals surface area contributed by atoms with Crippen molar-refractivity contribution in [3.8, 4) is 11.5 Å². The average Bonchev–Trinajstić information content (AvgIpc) is 2.82. The second kappa shape index (κ2) is 11.3. The van der Waals surface area contributed by atoms with Crippen molar-refractivity contribution in [2.24, 2.45) is 0 Å². The maximum atomic E-state index is 12.8. The third-order valence-electron chi connectivity index (χ3n) is 5.25. The van der Waals surface area contributed by atoms with E-state index in [1.54, 1.807) is 36.4 Å². The first-order valence-corrected chi connectivity index (χ1v) is 11.3. The van der Waals surface area contributed by atoms with Gasteiger partial charge in [0.2, 0.25) is 0 Å². The maximum absolute atomic E-state index is 12.8. The highest BCUT2D eigenvalue weighted by atomic mass is 35.5. The Morgan fingerprint density at radius 3 is 2.58 bits per heavy atom. The summed E-state index contributed by atoms with van der Waals surface area (Å²) < 4.78 is 16.7. The summed E-state index contributed by atoms with van der Waals surface area (Å²) in [6.45, 7) is 2.21. The number of esters is 1. The van der Waals surface area contributed by atoms with Crippen LogP contribution in [0.4, 0.5) is 4.79 Å². The predicted octanol–water partition coefficient (Wildman–Crippen LogP) is 5.55. The van der Waals surface area contributed by atoms with Gasteiger partial charge in [0.05, 0.1) is 35.9 Å². The molecule has 2 amide bonds. The van der Waals surface area contributed by atoms with Crippen LogP contribution in [0.2, 0.25) is 10.0 Å². The van der Waals surface area contributed by atoms with E-state index >= 15 is 0 Å². The summed E-state index contributed by atoms with van der Waals surface area (Å²) in [4.78, 5) is 25.3. The standard InChI is InChI=1S/C24H26Cl2N2O5/c1-4-5-8-18-20(23(29)32-3)21(28-24(30)27-18)15-7-6-9-19(31-2)22(15)33-13-14-10-11-16(25)17(26)12-14/h6-7,9-12,21H,4-5,8,13H2,1-3H3,(H2,27,28,30). The number of unbranched alkanes of at least 4 members (excludes halogenated alkanes) is 1. The topological polar surface area (TPSA) is 85.9 Å². The fourth-order valence-corrected chi connectivity index (χ4v) is 3.93. The molecule has 0 spiro atoms. The number of carbonyl (C=O) groups is 2. The number of methoxy groups -OCH3 is 2. The summed E-state index contributed by atoms with van der Waals surface area (Å²) >= 11 is 12.1. The quantitative estimate of drug-likeness (QED) is 0.448. The number of hydrogen-bond acceptors (Lipinski definition) is 5. The molecular formula is C24H26Cl2N2O5. The molecule has 7 nitrogen and oxygen atoms in total. The van der Waals surface area contributed by atoms with Gasteiger partial charge in [0.1, 0.15) is 6.61 Å². The van der Waals surface area contributed by atoms with Crippen molar-refractivity contribution in [3.63, 3.8) is 0 Å². The van der Waals surface area contributed by atoms with Crippen molar-refractivity contribution >= 4 is 35.2 Å². The molecule has 33 heavy (non-hydrogen) atoms. The van der Waals surface area contributed by atoms with Crippen molar-refractivity contribution in [2.45, 2.75) is 38.8 Å². The number of allylic oxidation sites excluding steroid dienone is 1. The number of nitrogens with one attached hydrogen (secondary N) is 2. The molecule has 2 aromatic rings. The van der Waals surface area contributed by atoms with Crippen LogP contribution in [0.3, 0.4) is 0 Å². The molecule has 0 aromatic heterocycles. The molecule has 1 heterocycles. The third-order valence-corrected chi connectivity index (χ3v) is 5.99. The minimum absolute atomic E-state index is 0.170. The third kappa shape index (κ3) is 5.72. The van der Waals surface area contributed by atoms with Gasteiger partial charge in [-0.05, 0) is 36.6 Å². The van der Waals surface area contributed by atoms with Crippen LogP contribution in [-0.2, 0) is 16.1 Å². The smallest absolute Gasteiger partial charge is 0.337 e. The van der Waals surface area contributed by atoms with Gasteiger partial charge in [-0.25, -0.2) is 9.59 Å². The minimum Gasteiger partial charge on any atom is -0.493 e. The Hall–Kier alpha value is -2.90. The van der Waals surface area contributed by atoms with Crippen LogP contribution in [0, 0.1) is 0 Å². The Balaban J connectivity index is 2.05. The highest BCUT2D eigenvalue weighted by molar-refractivity contribution is 6.42. The van der Waals surface area contributed by atoms with Crippen molar-refractivity contribution in [2.75, 3.05) is 14.2 Å². The number of carbonyl (C=O) groups excluding carboxylic acids is 2. The zero-order chi connectivity index (χ0) is 24.0. The summed E-state index contributed by atoms with van der Waals surface area (Å²) in [7, 11) is 2.84. The lowest BCUT2D eigenvalue weighted by atomic mass is 9.92. The van der Waals surface area contributed by atoms with Crippen molar-refractivity contribution in [1.82, 2.24) is 10.6 Å². The van der Waals surface area contributed by atoms with E-state index in [0.29, 0.717) is 44.8 Å². The zero-order valence-electron chi connectivity index (χ0n) is 18.7. The van der Waals surface area contributed by atoms with Gasteiger partial charge >= 0.3 is 12.0 Å². The lowest BCUT2D eigenvalue weighted by Crippen LogP contribution is -2.46. The monoisotopic (exact) mass is 492 g/mol. The number of para-hydroxylation sites is 1. The molecule has 0 saturated carbocycles. The molecule has 1 aliphatic heterocycles. The molecular weight excluding hydrogens is 467 g/mol. The molecule has 2 N–H and O–H groups in total. The minimum atomic E-state index is -0.781. The Morgan fingerprint density at radius 2 is 1.91 bits per heavy atom. The predicted molar refractivity (Wildman–Crippen MR) is 127 cm³/mol. The molecule has 0 saturated heterocycles. The van der Waals surface area contributed by atoms with E-state index < -0.39 is 18.0 Å². The summed E-state index contributed by atoms with van der Waals surface area (Å²) in [5, 5.41) is 6.46. The first-order valence-electron chi connectivity index (χ1n) is 10.5. The van der Waals surface area contributed by atoms with Crippen molar-refractivity contribution in [1.29, 1.82) is 0 Å². The lowest BCUT2D eigenvalue weighted by molar-refractivity contribution is -0.136. The number of halogens is 2. The molecule has 1 aliphatic rings. The van der Waals surface area contributed by atoms with E-state index in [2.05, 4.69) is 10.6 Å². The van der Waals surface area contributed by atoms with Gasteiger partial charge in [0.15, 0.2) is 11.5 Å². The molecule has 176 valence electrons. The SMILES string of the molecule is CCCCC1=C(C(=O)OC)C(c2cccc(OC)c2OCc2ccc(Cl)c(Cl)c2)NC(=O)N1. The largest absolute Gasteiger partial charge is 0.493 e. The van der Waals surface area contributed by atoms with Crippen LogP contribution in [-0.4, -0.2) is 26.2 Å². The van der Waals surface area contributed by atoms with Gasteiger partial charge in [0, 0.05) is 11.3 Å². The average molecular weight is 493 g/mol. The fraction of sp³-hybridized carbons (Fsp3) is 0.333. The van der Waals surface area contributed by atoms with Crippen LogP contribution in [0.25, 0.3) is 0 Å². The highest BCUT2D eigenvalue weighted by Crippen LogP contribution is 2.40. The Labute approximate surface area is 203 Å². The number of rotatable bonds is 9. The number of urea groups is 1. The summed E-state index contributed by atoms with van der Waals surface area (Å²) in [5.41, 5.74) is 2.23. The molecule has 2 aromatic carbocycles. The molecule has 0 fully saturated rings. The molecule has 0 bridgehead atoms. The summed E-state index contributed by atoms with van der Waals surface area (Å²) in [6.07, 6.45) is 2.25. The van der Waals surface area contributed by atoms with Crippen molar-refractivity contribution in [3.05, 3.63) is 68.8 Å². The zero-order valence-corrected chi connectivity index (χ0v) is 20.2. The normalized spacial score (nSPS) is 15.5. The van der Waals surface area contributed by atoms with Crippen LogP contribution in [0.1, 0.15) is 43.4 Å². The van der Waals surface area contributed by atoms with Gasteiger partial charge in [-0.15, -0.1) is 0 Å². The summed E-state index contributed by atoms with van der Waals surface area (Å²) in [5.74, 6) is 0.325. The van der Waals surface area contributed by atoms with E-state index in [1.807, 2.05) is 6.92 Å². The first-order chi connectivity index (χ1) is 15.9. The first kappa shape index (κ1) is 24.7. The number of hydrogen-bond donors (Lipinski definition) is 2. The highest BCUT2D eigenvalue weighted by Gasteiger charge is 2.35. The van der Waals surface area contributed by atoms with Crippen LogP contribution < -0.4 is 20.1 Å². The second-order valence-corrected chi connectivity index (χ2v) is 8.25. The Bertz CT molecular complexity index is 1070. The lowest BCUT2D eigenvalue weighted by Gasteiger charge is -2.30. The molecule has 1 atom stereocenters. The number of amides is 2. The van der Waals surface area contributed by atoms with E-state index in [-0.39, 0.29) is 6.61 Å². The molecule has 9 heteroatoms. The fourth-order valence-electron chi connectivity index (χ4n) is 3.61. The van der Waals surface area contributed by atoms with E-state index in [4.69, 9.17) is 37.4 Å². The molecule has 0 aliphatic carbocycles. The van der Waals surface area contributed by atoms with E-state index in [9.17, 15) is 9.59 Å². The van der Waals surface area contributed by atoms with Crippen LogP contribution in [0.5, 0.6) is 11.5 Å². The number of ether oxygens (including phenoxy) is 3. The number of benzene rings is 2. The van der Waals surface area contributed by atoms with Crippen molar-refractivity contribution < 1.29 is 23.8 Å². The second-order valence-electron chi connectivity index (χ2n) is 7.43. The van der Waals surface area contributed by atoms with Gasteiger partial charge in [-0.3, -0.25) is 0 Å². The molecule has 1 unspecified atom stereocenters. The van der Waals surface area contributed by atoms with E-state index in [1.165, 1.54) is 14.2 Å². The maximum Gasteiger partial charge on any atom is 0.337 e. The molecule has 3 rings (SSSR count). The van der Waals surface area contributed by atoms with Gasteiger partial charge in [0.25, 0.3) is 0 Å². The molecule has 0 radical (unpaired) electrons. The van der Waals surface area contributed by atoms with Crippen LogP contribution >= 0.6 is 23.2 Å². The Kier molecular flexibility index (Phi) is 8.47. The van der Waals surface area contributed by atoms with Gasteiger partial charge in [-0.2, -0.15) is 0 Å². The van der Waals surface area contributed by atoms with Gasteiger partial charge in [-0.1, -0.05) is 54.7 Å². The van der Waals surface area contributed by atoms with E-state index in [0.717, 1.165) is 18.4 Å².